The maximum atomic E-state index is 12.1. The second-order valence-electron chi connectivity index (χ2n) is 6.87. The highest BCUT2D eigenvalue weighted by atomic mass is 16.6. The lowest BCUT2D eigenvalue weighted by atomic mass is 10.0. The van der Waals surface area contributed by atoms with Gasteiger partial charge in [0, 0.05) is 18.9 Å². The van der Waals surface area contributed by atoms with Crippen LogP contribution in [0.1, 0.15) is 81.6 Å². The number of unbranched alkanes of at least 4 members (excludes halogenated alkanes) is 8. The van der Waals surface area contributed by atoms with E-state index in [4.69, 9.17) is 13.9 Å². The molecule has 0 aliphatic rings. The first-order valence-corrected chi connectivity index (χ1v) is 9.78. The van der Waals surface area contributed by atoms with Crippen LogP contribution in [-0.4, -0.2) is 19.7 Å². The van der Waals surface area contributed by atoms with Crippen molar-refractivity contribution in [3.63, 3.8) is 0 Å². The summed E-state index contributed by atoms with van der Waals surface area (Å²) in [5, 5.41) is 0. The Bertz CT molecular complexity index is 603. The number of rotatable bonds is 13. The monoisotopic (exact) mass is 366 g/mol. The van der Waals surface area contributed by atoms with Crippen molar-refractivity contribution in [3.05, 3.63) is 27.1 Å². The molecule has 0 bridgehead atoms. The van der Waals surface area contributed by atoms with Gasteiger partial charge in [-0.2, -0.15) is 0 Å². The zero-order chi connectivity index (χ0) is 19.4. The number of methoxy groups -OCH3 is 1. The molecule has 0 fully saturated rings. The molecule has 0 N–H and O–H groups in total. The summed E-state index contributed by atoms with van der Waals surface area (Å²) in [5.74, 6) is 0.901. The Morgan fingerprint density at radius 2 is 1.42 bits per heavy atom. The van der Waals surface area contributed by atoms with E-state index in [1.165, 1.54) is 46.1 Å². The molecule has 0 saturated heterocycles. The van der Waals surface area contributed by atoms with E-state index in [-0.39, 0.29) is 11.4 Å². The summed E-state index contributed by atoms with van der Waals surface area (Å²) in [6.07, 6.45) is 11.2. The highest BCUT2D eigenvalue weighted by Crippen LogP contribution is 2.20. The van der Waals surface area contributed by atoms with Crippen LogP contribution in [0.2, 0.25) is 0 Å². The summed E-state index contributed by atoms with van der Waals surface area (Å²) >= 11 is 0. The van der Waals surface area contributed by atoms with Gasteiger partial charge in [0.15, 0.2) is 5.43 Å². The number of ether oxygens (including phenoxy) is 2. The van der Waals surface area contributed by atoms with Crippen LogP contribution in [0.25, 0.3) is 0 Å². The molecule has 0 aliphatic heterocycles. The van der Waals surface area contributed by atoms with E-state index in [0.717, 1.165) is 37.9 Å². The van der Waals surface area contributed by atoms with Gasteiger partial charge in [0.2, 0.25) is 0 Å². The Labute approximate surface area is 157 Å². The molecule has 0 atom stereocenters. The molecule has 5 nitrogen and oxygen atoms in total. The van der Waals surface area contributed by atoms with E-state index < -0.39 is 0 Å². The maximum Gasteiger partial charge on any atom is 0.302 e. The fourth-order valence-electron chi connectivity index (χ4n) is 3.04. The maximum absolute atomic E-state index is 12.1. The Balaban J connectivity index is 2.10. The van der Waals surface area contributed by atoms with Crippen molar-refractivity contribution in [2.24, 2.45) is 0 Å². The zero-order valence-electron chi connectivity index (χ0n) is 16.8. The largest absolute Gasteiger partial charge is 0.468 e. The number of esters is 1. The Hall–Kier alpha value is -1.78. The number of hydrogen-bond donors (Lipinski definition) is 0. The first-order chi connectivity index (χ1) is 12.5. The lowest BCUT2D eigenvalue weighted by molar-refractivity contribution is -0.141. The molecule has 5 heteroatoms. The highest BCUT2D eigenvalue weighted by Gasteiger charge is 2.13. The van der Waals surface area contributed by atoms with Crippen LogP contribution in [0, 0.1) is 13.8 Å². The minimum atomic E-state index is -0.191. The van der Waals surface area contributed by atoms with Crippen molar-refractivity contribution < 1.29 is 18.7 Å². The summed E-state index contributed by atoms with van der Waals surface area (Å²) < 4.78 is 15.8. The van der Waals surface area contributed by atoms with E-state index in [1.807, 2.05) is 6.92 Å². The second kappa shape index (κ2) is 12.6. The van der Waals surface area contributed by atoms with Crippen LogP contribution in [0.3, 0.4) is 0 Å². The Morgan fingerprint density at radius 3 is 1.96 bits per heavy atom. The summed E-state index contributed by atoms with van der Waals surface area (Å²) in [6.45, 7) is 5.56. The van der Waals surface area contributed by atoms with Crippen LogP contribution in [-0.2, 0) is 16.0 Å². The third-order valence-electron chi connectivity index (χ3n) is 4.66. The van der Waals surface area contributed by atoms with Crippen molar-refractivity contribution >= 4 is 5.97 Å². The van der Waals surface area contributed by atoms with Crippen molar-refractivity contribution in [1.29, 1.82) is 0 Å². The number of hydrogen-bond acceptors (Lipinski definition) is 5. The summed E-state index contributed by atoms with van der Waals surface area (Å²) in [5.41, 5.74) is 1.27. The van der Waals surface area contributed by atoms with Crippen LogP contribution in [0.5, 0.6) is 5.95 Å². The van der Waals surface area contributed by atoms with Gasteiger partial charge in [0.05, 0.1) is 19.3 Å². The molecule has 0 radical (unpaired) electrons. The number of carbonyl (C=O) groups is 1. The molecule has 1 aromatic rings. The zero-order valence-corrected chi connectivity index (χ0v) is 16.8. The van der Waals surface area contributed by atoms with Crippen LogP contribution >= 0.6 is 0 Å². The van der Waals surface area contributed by atoms with Crippen LogP contribution in [0.15, 0.2) is 9.21 Å². The molecule has 0 unspecified atom stereocenters. The van der Waals surface area contributed by atoms with Gasteiger partial charge < -0.3 is 13.9 Å². The van der Waals surface area contributed by atoms with Gasteiger partial charge in [-0.1, -0.05) is 44.9 Å². The average molecular weight is 366 g/mol. The van der Waals surface area contributed by atoms with Gasteiger partial charge in [0.1, 0.15) is 5.76 Å². The molecule has 0 saturated carbocycles. The van der Waals surface area contributed by atoms with E-state index in [0.29, 0.717) is 23.7 Å². The van der Waals surface area contributed by atoms with E-state index >= 15 is 0 Å². The molecular formula is C21H34O5. The molecule has 0 aromatic carbocycles. The van der Waals surface area contributed by atoms with Crippen molar-refractivity contribution in [2.45, 2.75) is 85.0 Å². The van der Waals surface area contributed by atoms with Gasteiger partial charge >= 0.3 is 5.97 Å². The molecule has 1 rings (SSSR count). The molecule has 0 amide bonds. The summed E-state index contributed by atoms with van der Waals surface area (Å²) in [4.78, 5) is 22.8. The highest BCUT2D eigenvalue weighted by molar-refractivity contribution is 5.65. The Morgan fingerprint density at radius 1 is 0.885 bits per heavy atom. The number of aryl methyl sites for hydroxylation is 1. The molecular weight excluding hydrogens is 332 g/mol. The van der Waals surface area contributed by atoms with Gasteiger partial charge in [-0.05, 0) is 26.7 Å². The topological polar surface area (TPSA) is 65.7 Å². The van der Waals surface area contributed by atoms with Gasteiger partial charge in [-0.3, -0.25) is 9.59 Å². The van der Waals surface area contributed by atoms with Crippen molar-refractivity contribution in [1.82, 2.24) is 0 Å². The molecule has 1 aromatic heterocycles. The van der Waals surface area contributed by atoms with Crippen molar-refractivity contribution in [2.75, 3.05) is 13.7 Å². The Kier molecular flexibility index (Phi) is 10.7. The molecule has 0 aliphatic carbocycles. The van der Waals surface area contributed by atoms with E-state index in [9.17, 15) is 9.59 Å². The third kappa shape index (κ3) is 8.07. The lowest BCUT2D eigenvalue weighted by Crippen LogP contribution is -2.13. The third-order valence-corrected chi connectivity index (χ3v) is 4.66. The van der Waals surface area contributed by atoms with E-state index in [2.05, 4.69) is 0 Å². The molecule has 26 heavy (non-hydrogen) atoms. The van der Waals surface area contributed by atoms with Gasteiger partial charge in [-0.15, -0.1) is 0 Å². The standard InChI is InChI=1S/C21H34O5/c1-16-19(26-21(24-4)17(2)20(16)23)14-12-10-8-6-5-7-9-11-13-15-25-18(3)22/h5-15H2,1-4H3. The van der Waals surface area contributed by atoms with Crippen LogP contribution in [0.4, 0.5) is 0 Å². The quantitative estimate of drug-likeness (QED) is 0.368. The summed E-state index contributed by atoms with van der Waals surface area (Å²) in [7, 11) is 1.53. The SMILES string of the molecule is COc1oc(CCCCCCCCCCCOC(C)=O)c(C)c(=O)c1C. The average Bonchev–Trinajstić information content (AvgIpc) is 2.62. The smallest absolute Gasteiger partial charge is 0.302 e. The van der Waals surface area contributed by atoms with E-state index in [1.54, 1.807) is 6.92 Å². The summed E-state index contributed by atoms with van der Waals surface area (Å²) in [6, 6.07) is 0. The van der Waals surface area contributed by atoms with Crippen molar-refractivity contribution in [3.8, 4) is 5.95 Å². The van der Waals surface area contributed by atoms with Crippen LogP contribution < -0.4 is 10.2 Å². The predicted octanol–water partition coefficient (Wildman–Crippen LogP) is 4.88. The number of carbonyl (C=O) groups excluding carboxylic acids is 1. The predicted molar refractivity (Wildman–Crippen MR) is 103 cm³/mol. The molecule has 1 heterocycles. The van der Waals surface area contributed by atoms with Gasteiger partial charge in [-0.25, -0.2) is 0 Å². The first-order valence-electron chi connectivity index (χ1n) is 9.78. The van der Waals surface area contributed by atoms with Gasteiger partial charge in [0.25, 0.3) is 5.95 Å². The minimum absolute atomic E-state index is 0.0248. The lowest BCUT2D eigenvalue weighted by Gasteiger charge is -2.09. The first kappa shape index (κ1) is 22.3. The fourth-order valence-corrected chi connectivity index (χ4v) is 3.04. The minimum Gasteiger partial charge on any atom is -0.468 e. The molecule has 148 valence electrons. The molecule has 0 spiro atoms. The normalized spacial score (nSPS) is 10.8. The second-order valence-corrected chi connectivity index (χ2v) is 6.87. The fraction of sp³-hybridized carbons (Fsp3) is 0.714.